The summed E-state index contributed by atoms with van der Waals surface area (Å²) in [6.45, 7) is 7.06. The van der Waals surface area contributed by atoms with Crippen molar-refractivity contribution in [2.75, 3.05) is 14.1 Å². The second kappa shape index (κ2) is 5.25. The quantitative estimate of drug-likeness (QED) is 0.602. The molecule has 0 bridgehead atoms. The summed E-state index contributed by atoms with van der Waals surface area (Å²) in [6.07, 6.45) is 0. The fraction of sp³-hybridized carbons (Fsp3) is 0.700. The van der Waals surface area contributed by atoms with Crippen LogP contribution in [-0.2, 0) is 12.0 Å². The Labute approximate surface area is 100 Å². The molecule has 1 aromatic rings. The highest BCUT2D eigenvalue weighted by atomic mass is 32.1. The zero-order valence-corrected chi connectivity index (χ0v) is 11.3. The Morgan fingerprint density at radius 1 is 1.38 bits per heavy atom. The molecule has 0 saturated carbocycles. The number of guanidine groups is 1. The van der Waals surface area contributed by atoms with Crippen LogP contribution in [0.3, 0.4) is 0 Å². The number of nitrogens with zero attached hydrogens (tertiary/aromatic N) is 3. The molecule has 0 aliphatic rings. The first kappa shape index (κ1) is 12.9. The predicted molar refractivity (Wildman–Crippen MR) is 67.9 cm³/mol. The highest BCUT2D eigenvalue weighted by Crippen LogP contribution is 2.25. The van der Waals surface area contributed by atoms with Crippen LogP contribution in [0.15, 0.2) is 4.99 Å². The maximum absolute atomic E-state index is 4.19. The van der Waals surface area contributed by atoms with E-state index in [0.29, 0.717) is 6.54 Å². The van der Waals surface area contributed by atoms with Gasteiger partial charge < -0.3 is 10.6 Å². The van der Waals surface area contributed by atoms with Crippen molar-refractivity contribution in [3.8, 4) is 0 Å². The summed E-state index contributed by atoms with van der Waals surface area (Å²) in [5, 5.41) is 16.5. The van der Waals surface area contributed by atoms with E-state index in [2.05, 4.69) is 46.6 Å². The van der Waals surface area contributed by atoms with Gasteiger partial charge in [-0.2, -0.15) is 0 Å². The van der Waals surface area contributed by atoms with Gasteiger partial charge in [-0.15, -0.1) is 10.2 Å². The van der Waals surface area contributed by atoms with Crippen LogP contribution in [-0.4, -0.2) is 30.3 Å². The monoisotopic (exact) mass is 241 g/mol. The fourth-order valence-corrected chi connectivity index (χ4v) is 1.90. The van der Waals surface area contributed by atoms with Gasteiger partial charge in [-0.25, -0.2) is 0 Å². The lowest BCUT2D eigenvalue weighted by Crippen LogP contribution is -2.34. The highest BCUT2D eigenvalue weighted by Gasteiger charge is 2.19. The van der Waals surface area contributed by atoms with Gasteiger partial charge in [-0.05, 0) is 0 Å². The number of rotatable bonds is 2. The van der Waals surface area contributed by atoms with Crippen LogP contribution >= 0.6 is 11.3 Å². The Morgan fingerprint density at radius 3 is 2.50 bits per heavy atom. The van der Waals surface area contributed by atoms with Crippen LogP contribution in [0.1, 0.15) is 30.8 Å². The van der Waals surface area contributed by atoms with Crippen LogP contribution in [0.25, 0.3) is 0 Å². The van der Waals surface area contributed by atoms with E-state index in [4.69, 9.17) is 0 Å². The van der Waals surface area contributed by atoms with Crippen LogP contribution in [0, 0.1) is 0 Å². The number of hydrogen-bond donors (Lipinski definition) is 2. The molecule has 0 fully saturated rings. The first-order valence-corrected chi connectivity index (χ1v) is 6.00. The van der Waals surface area contributed by atoms with Gasteiger partial charge in [0.2, 0.25) is 0 Å². The van der Waals surface area contributed by atoms with E-state index in [0.717, 1.165) is 16.0 Å². The van der Waals surface area contributed by atoms with Gasteiger partial charge in [0.25, 0.3) is 0 Å². The van der Waals surface area contributed by atoms with Gasteiger partial charge in [0.1, 0.15) is 10.0 Å². The third-order valence-electron chi connectivity index (χ3n) is 1.98. The molecule has 0 saturated heterocycles. The van der Waals surface area contributed by atoms with E-state index in [1.165, 1.54) is 0 Å². The summed E-state index contributed by atoms with van der Waals surface area (Å²) in [5.41, 5.74) is 0.0700. The smallest absolute Gasteiger partial charge is 0.191 e. The van der Waals surface area contributed by atoms with Gasteiger partial charge in [0.05, 0.1) is 6.54 Å². The average molecular weight is 241 g/mol. The Hall–Kier alpha value is -1.17. The number of aliphatic imine (C=N–C) groups is 1. The van der Waals surface area contributed by atoms with Crippen molar-refractivity contribution in [3.05, 3.63) is 10.0 Å². The number of hydrogen-bond acceptors (Lipinski definition) is 4. The molecule has 1 heterocycles. The lowest BCUT2D eigenvalue weighted by atomic mass is 9.98. The summed E-state index contributed by atoms with van der Waals surface area (Å²) >= 11 is 1.64. The molecule has 0 aliphatic carbocycles. The third kappa shape index (κ3) is 3.44. The van der Waals surface area contributed by atoms with E-state index in [1.54, 1.807) is 18.4 Å². The van der Waals surface area contributed by atoms with Crippen LogP contribution in [0.2, 0.25) is 0 Å². The molecule has 0 spiro atoms. The van der Waals surface area contributed by atoms with Gasteiger partial charge in [-0.3, -0.25) is 4.99 Å². The summed E-state index contributed by atoms with van der Waals surface area (Å²) in [5.74, 6) is 0.757. The van der Waals surface area contributed by atoms with Crippen LogP contribution in [0.5, 0.6) is 0 Å². The van der Waals surface area contributed by atoms with Gasteiger partial charge in [0, 0.05) is 19.5 Å². The van der Waals surface area contributed by atoms with Crippen molar-refractivity contribution < 1.29 is 0 Å². The predicted octanol–water partition coefficient (Wildman–Crippen LogP) is 1.13. The maximum Gasteiger partial charge on any atom is 0.191 e. The zero-order chi connectivity index (χ0) is 12.2. The van der Waals surface area contributed by atoms with Crippen LogP contribution in [0.4, 0.5) is 0 Å². The molecule has 0 radical (unpaired) electrons. The van der Waals surface area contributed by atoms with Crippen LogP contribution < -0.4 is 10.6 Å². The highest BCUT2D eigenvalue weighted by molar-refractivity contribution is 7.11. The largest absolute Gasteiger partial charge is 0.359 e. The lowest BCUT2D eigenvalue weighted by Gasteiger charge is -2.12. The normalized spacial score (nSPS) is 12.7. The first-order valence-electron chi connectivity index (χ1n) is 5.18. The second-order valence-corrected chi connectivity index (χ2v) is 5.49. The van der Waals surface area contributed by atoms with E-state index in [-0.39, 0.29) is 5.41 Å². The molecular weight excluding hydrogens is 222 g/mol. The summed E-state index contributed by atoms with van der Waals surface area (Å²) in [7, 11) is 3.57. The molecular formula is C10H19N5S. The van der Waals surface area contributed by atoms with Crippen molar-refractivity contribution >= 4 is 17.3 Å². The molecule has 0 aromatic carbocycles. The zero-order valence-electron chi connectivity index (χ0n) is 10.5. The lowest BCUT2D eigenvalue weighted by molar-refractivity contribution is 0.577. The van der Waals surface area contributed by atoms with Crippen molar-refractivity contribution in [2.24, 2.45) is 4.99 Å². The van der Waals surface area contributed by atoms with Gasteiger partial charge in [0.15, 0.2) is 5.96 Å². The van der Waals surface area contributed by atoms with Crippen molar-refractivity contribution in [2.45, 2.75) is 32.7 Å². The van der Waals surface area contributed by atoms with E-state index in [1.807, 2.05) is 7.05 Å². The minimum absolute atomic E-state index is 0.0700. The third-order valence-corrected chi connectivity index (χ3v) is 3.32. The molecule has 2 N–H and O–H groups in total. The summed E-state index contributed by atoms with van der Waals surface area (Å²) in [6, 6.07) is 0. The summed E-state index contributed by atoms with van der Waals surface area (Å²) < 4.78 is 0. The first-order chi connectivity index (χ1) is 7.47. The molecule has 0 atom stereocenters. The van der Waals surface area contributed by atoms with Gasteiger partial charge in [-0.1, -0.05) is 32.1 Å². The van der Waals surface area contributed by atoms with E-state index >= 15 is 0 Å². The Balaban J connectivity index is 2.60. The Bertz CT molecular complexity index is 364. The molecule has 16 heavy (non-hydrogen) atoms. The fourth-order valence-electron chi connectivity index (χ4n) is 1.07. The molecule has 0 amide bonds. The number of nitrogens with one attached hydrogen (secondary N) is 2. The van der Waals surface area contributed by atoms with Crippen molar-refractivity contribution in [3.63, 3.8) is 0 Å². The molecule has 5 nitrogen and oxygen atoms in total. The maximum atomic E-state index is 4.19. The molecule has 6 heteroatoms. The van der Waals surface area contributed by atoms with E-state index < -0.39 is 0 Å². The molecule has 1 aromatic heterocycles. The Kier molecular flexibility index (Phi) is 4.23. The Morgan fingerprint density at radius 2 is 2.06 bits per heavy atom. The number of aromatic nitrogens is 2. The van der Waals surface area contributed by atoms with Crippen molar-refractivity contribution in [1.29, 1.82) is 0 Å². The topological polar surface area (TPSA) is 62.2 Å². The SMILES string of the molecule is CN=C(NC)NCc1nnc(C(C)(C)C)s1. The minimum atomic E-state index is 0.0700. The molecule has 1 rings (SSSR count). The average Bonchev–Trinajstić information content (AvgIpc) is 2.67. The molecule has 0 aliphatic heterocycles. The van der Waals surface area contributed by atoms with Gasteiger partial charge >= 0.3 is 0 Å². The standard InChI is InChI=1S/C10H19N5S/c1-10(2,3)8-15-14-7(16-8)6-13-9(11-4)12-5/h6H2,1-5H3,(H2,11,12,13). The van der Waals surface area contributed by atoms with Crippen molar-refractivity contribution in [1.82, 2.24) is 20.8 Å². The summed E-state index contributed by atoms with van der Waals surface area (Å²) in [4.78, 5) is 4.03. The van der Waals surface area contributed by atoms with E-state index in [9.17, 15) is 0 Å². The molecule has 90 valence electrons. The molecule has 0 unspecified atom stereocenters. The second-order valence-electron chi connectivity index (χ2n) is 4.43. The minimum Gasteiger partial charge on any atom is -0.359 e.